The molecule has 0 bridgehead atoms. The van der Waals surface area contributed by atoms with Gasteiger partial charge in [-0.25, -0.2) is 23.6 Å². The van der Waals surface area contributed by atoms with Crippen molar-refractivity contribution in [1.82, 2.24) is 0 Å². The van der Waals surface area contributed by atoms with Gasteiger partial charge >= 0.3 is 23.9 Å². The van der Waals surface area contributed by atoms with Crippen LogP contribution in [0.15, 0.2) is 99.2 Å². The number of rotatable bonds is 10. The Morgan fingerprint density at radius 2 is 0.975 bits per heavy atom. The monoisotopic (exact) mass is 546 g/mol. The third kappa shape index (κ3) is 6.62. The minimum absolute atomic E-state index is 0.0446. The fourth-order valence-corrected chi connectivity index (χ4v) is 3.25. The third-order valence-corrected chi connectivity index (χ3v) is 5.10. The van der Waals surface area contributed by atoms with Crippen molar-refractivity contribution in [3.8, 4) is 45.3 Å². The average molecular weight is 546 g/mol. The van der Waals surface area contributed by atoms with E-state index in [0.29, 0.717) is 11.1 Å². The van der Waals surface area contributed by atoms with E-state index in [-0.39, 0.29) is 22.6 Å². The Morgan fingerprint density at radius 1 is 0.525 bits per heavy atom. The van der Waals surface area contributed by atoms with Crippen LogP contribution < -0.4 is 18.9 Å². The van der Waals surface area contributed by atoms with Gasteiger partial charge in [0.05, 0.1) is 0 Å². The highest BCUT2D eigenvalue weighted by Crippen LogP contribution is 2.40. The Labute approximate surface area is 227 Å². The van der Waals surface area contributed by atoms with Gasteiger partial charge in [0.2, 0.25) is 11.6 Å². The summed E-state index contributed by atoms with van der Waals surface area (Å²) in [4.78, 5) is 46.8. The highest BCUT2D eigenvalue weighted by atomic mass is 19.2. The van der Waals surface area contributed by atoms with Crippen LogP contribution in [0, 0.1) is 11.6 Å². The van der Waals surface area contributed by atoms with Gasteiger partial charge in [0, 0.05) is 29.9 Å². The number of carbonyl (C=O) groups is 4. The van der Waals surface area contributed by atoms with Crippen LogP contribution in [0.3, 0.4) is 0 Å². The summed E-state index contributed by atoms with van der Waals surface area (Å²) in [5, 5.41) is 0. The van der Waals surface area contributed by atoms with E-state index in [1.54, 1.807) is 18.2 Å². The highest BCUT2D eigenvalue weighted by molar-refractivity contribution is 5.88. The van der Waals surface area contributed by atoms with E-state index in [1.807, 2.05) is 0 Å². The predicted molar refractivity (Wildman–Crippen MR) is 141 cm³/mol. The predicted octanol–water partition coefficient (Wildman–Crippen LogP) is 5.66. The molecular formula is C30H20F2O8. The zero-order chi connectivity index (χ0) is 29.4. The lowest BCUT2D eigenvalue weighted by molar-refractivity contribution is -0.131. The van der Waals surface area contributed by atoms with Crippen LogP contribution in [0.5, 0.6) is 23.0 Å². The van der Waals surface area contributed by atoms with E-state index in [9.17, 15) is 23.6 Å². The fraction of sp³-hybridized carbons (Fsp3) is 0. The zero-order valence-corrected chi connectivity index (χ0v) is 20.8. The molecule has 0 atom stereocenters. The van der Waals surface area contributed by atoms with Crippen molar-refractivity contribution in [1.29, 1.82) is 0 Å². The van der Waals surface area contributed by atoms with Gasteiger partial charge in [-0.05, 0) is 34.9 Å². The molecule has 3 rings (SSSR count). The Bertz CT molecular complexity index is 1550. The summed E-state index contributed by atoms with van der Waals surface area (Å²) in [6.45, 7) is 13.1. The van der Waals surface area contributed by atoms with Gasteiger partial charge < -0.3 is 18.9 Å². The lowest BCUT2D eigenvalue weighted by Crippen LogP contribution is -2.11. The molecule has 0 unspecified atom stereocenters. The Kier molecular flexibility index (Phi) is 9.21. The lowest BCUT2D eigenvalue weighted by atomic mass is 9.99. The molecule has 0 fully saturated rings. The average Bonchev–Trinajstić information content (AvgIpc) is 2.97. The van der Waals surface area contributed by atoms with Crippen molar-refractivity contribution in [2.45, 2.75) is 0 Å². The molecular weight excluding hydrogens is 526 g/mol. The first-order valence-electron chi connectivity index (χ1n) is 11.3. The standard InChI is InChI=1S/C30H20F2O8/c1-5-24(33)37-21-14-13-19(15-22(21)38-25(34)6-2)17-9-11-18(12-10-17)20-16-23(39-26(35)7-3)30(29(32)28(20)31)40-27(36)8-4/h5-16H,1-4H2. The van der Waals surface area contributed by atoms with E-state index in [2.05, 4.69) is 26.3 Å². The van der Waals surface area contributed by atoms with E-state index in [4.69, 9.17) is 18.9 Å². The molecule has 0 radical (unpaired) electrons. The molecule has 0 heterocycles. The summed E-state index contributed by atoms with van der Waals surface area (Å²) < 4.78 is 50.0. The summed E-state index contributed by atoms with van der Waals surface area (Å²) in [5.74, 6) is -8.22. The van der Waals surface area contributed by atoms with Gasteiger partial charge in [0.1, 0.15) is 0 Å². The summed E-state index contributed by atoms with van der Waals surface area (Å²) in [5.41, 5.74) is 0.932. The molecule has 0 aliphatic rings. The van der Waals surface area contributed by atoms with Gasteiger partial charge in [-0.2, -0.15) is 4.39 Å². The van der Waals surface area contributed by atoms with E-state index in [0.717, 1.165) is 30.4 Å². The van der Waals surface area contributed by atoms with Crippen molar-refractivity contribution < 1.29 is 46.9 Å². The molecule has 0 aliphatic heterocycles. The first kappa shape index (κ1) is 28.9. The second-order valence-corrected chi connectivity index (χ2v) is 7.62. The van der Waals surface area contributed by atoms with Crippen molar-refractivity contribution in [2.24, 2.45) is 0 Å². The van der Waals surface area contributed by atoms with Gasteiger partial charge in [-0.15, -0.1) is 0 Å². The van der Waals surface area contributed by atoms with Crippen LogP contribution >= 0.6 is 0 Å². The molecule has 0 aromatic heterocycles. The van der Waals surface area contributed by atoms with Gasteiger partial charge in [-0.3, -0.25) is 0 Å². The van der Waals surface area contributed by atoms with Crippen LogP contribution in [-0.2, 0) is 19.2 Å². The Morgan fingerprint density at radius 3 is 1.52 bits per heavy atom. The van der Waals surface area contributed by atoms with Gasteiger partial charge in [0.25, 0.3) is 0 Å². The first-order valence-corrected chi connectivity index (χ1v) is 11.3. The largest absolute Gasteiger partial charge is 0.419 e. The summed E-state index contributed by atoms with van der Waals surface area (Å²) in [7, 11) is 0. The molecule has 0 amide bonds. The number of benzene rings is 3. The van der Waals surface area contributed by atoms with Gasteiger partial charge in [0.15, 0.2) is 23.1 Å². The van der Waals surface area contributed by atoms with Crippen LogP contribution in [0.1, 0.15) is 0 Å². The molecule has 0 aliphatic carbocycles. The number of carbonyl (C=O) groups excluding carboxylic acids is 4. The van der Waals surface area contributed by atoms with Crippen molar-refractivity contribution in [3.05, 3.63) is 111 Å². The summed E-state index contributed by atoms with van der Waals surface area (Å²) >= 11 is 0. The number of ether oxygens (including phenoxy) is 4. The number of hydrogen-bond acceptors (Lipinski definition) is 8. The quantitative estimate of drug-likeness (QED) is 0.182. The smallest absolute Gasteiger partial charge is 0.335 e. The molecule has 3 aromatic carbocycles. The molecule has 10 heteroatoms. The minimum atomic E-state index is -1.57. The van der Waals surface area contributed by atoms with Crippen LogP contribution in [0.2, 0.25) is 0 Å². The molecule has 8 nitrogen and oxygen atoms in total. The van der Waals surface area contributed by atoms with Crippen LogP contribution in [0.4, 0.5) is 8.78 Å². The molecule has 202 valence electrons. The normalized spacial score (nSPS) is 10.1. The van der Waals surface area contributed by atoms with Crippen molar-refractivity contribution >= 4 is 23.9 Å². The fourth-order valence-electron chi connectivity index (χ4n) is 3.25. The molecule has 0 spiro atoms. The summed E-state index contributed by atoms with van der Waals surface area (Å²) in [6, 6.07) is 11.4. The molecule has 40 heavy (non-hydrogen) atoms. The second kappa shape index (κ2) is 12.7. The van der Waals surface area contributed by atoms with Crippen molar-refractivity contribution in [3.63, 3.8) is 0 Å². The Balaban J connectivity index is 2.04. The number of halogens is 2. The zero-order valence-electron chi connectivity index (χ0n) is 20.8. The maximum atomic E-state index is 15.1. The molecule has 3 aromatic rings. The highest BCUT2D eigenvalue weighted by Gasteiger charge is 2.25. The maximum absolute atomic E-state index is 15.1. The number of hydrogen-bond donors (Lipinski definition) is 0. The SMILES string of the molecule is C=CC(=O)Oc1ccc(-c2ccc(-c3cc(OC(=O)C=C)c(OC(=O)C=C)c(F)c3F)cc2)cc1OC(=O)C=C. The number of esters is 4. The second-order valence-electron chi connectivity index (χ2n) is 7.62. The Hall–Kier alpha value is -5.64. The minimum Gasteiger partial charge on any atom is -0.419 e. The van der Waals surface area contributed by atoms with E-state index in [1.165, 1.54) is 24.3 Å². The molecule has 0 saturated heterocycles. The van der Waals surface area contributed by atoms with Crippen LogP contribution in [-0.4, -0.2) is 23.9 Å². The topological polar surface area (TPSA) is 105 Å². The van der Waals surface area contributed by atoms with Crippen molar-refractivity contribution in [2.75, 3.05) is 0 Å². The van der Waals surface area contributed by atoms with Gasteiger partial charge in [-0.1, -0.05) is 56.6 Å². The van der Waals surface area contributed by atoms with E-state index >= 15 is 4.39 Å². The third-order valence-electron chi connectivity index (χ3n) is 5.10. The lowest BCUT2D eigenvalue weighted by Gasteiger charge is -2.14. The summed E-state index contributed by atoms with van der Waals surface area (Å²) in [6.07, 6.45) is 3.38. The molecule has 0 saturated carbocycles. The maximum Gasteiger partial charge on any atom is 0.335 e. The van der Waals surface area contributed by atoms with E-state index < -0.39 is 47.0 Å². The molecule has 0 N–H and O–H groups in total. The first-order chi connectivity index (χ1) is 19.1. The van der Waals surface area contributed by atoms with Crippen LogP contribution in [0.25, 0.3) is 22.3 Å².